The molecule has 1 aliphatic heterocycles. The number of aromatic nitrogens is 1. The standard InChI is InChI=1S/C24H27N3O2S/c1-26(2)20-12-10-18(11-13-20)15-27(16-21-9-6-14-29-21)24(28)22-17-30-23(25-22)19-7-4-3-5-8-19/h3-5,7-8,10-13,17,21H,6,9,14-16H2,1-2H3. The summed E-state index contributed by atoms with van der Waals surface area (Å²) in [6.45, 7) is 1.91. The minimum Gasteiger partial charge on any atom is -0.378 e. The second-order valence-electron chi connectivity index (χ2n) is 7.79. The lowest BCUT2D eigenvalue weighted by molar-refractivity contribution is 0.0503. The maximum absolute atomic E-state index is 13.4. The number of ether oxygens (including phenoxy) is 1. The van der Waals surface area contributed by atoms with Crippen LogP contribution >= 0.6 is 11.3 Å². The molecule has 1 amide bonds. The summed E-state index contributed by atoms with van der Waals surface area (Å²) in [5.74, 6) is -0.0411. The first-order valence-electron chi connectivity index (χ1n) is 10.3. The molecule has 4 rings (SSSR count). The molecule has 156 valence electrons. The topological polar surface area (TPSA) is 45.7 Å². The predicted octanol–water partition coefficient (Wildman–Crippen LogP) is 4.70. The Morgan fingerprint density at radius 3 is 2.57 bits per heavy atom. The Kier molecular flexibility index (Phi) is 6.45. The largest absolute Gasteiger partial charge is 0.378 e. The van der Waals surface area contributed by atoms with Crippen LogP contribution in [0.4, 0.5) is 5.69 Å². The van der Waals surface area contributed by atoms with Gasteiger partial charge in [-0.2, -0.15) is 0 Å². The van der Waals surface area contributed by atoms with E-state index in [1.165, 1.54) is 11.3 Å². The van der Waals surface area contributed by atoms with E-state index in [-0.39, 0.29) is 12.0 Å². The molecule has 1 aliphatic rings. The lowest BCUT2D eigenvalue weighted by atomic mass is 10.1. The van der Waals surface area contributed by atoms with Gasteiger partial charge in [0.15, 0.2) is 0 Å². The molecule has 1 atom stereocenters. The molecular formula is C24H27N3O2S. The summed E-state index contributed by atoms with van der Waals surface area (Å²) in [7, 11) is 4.05. The molecule has 1 aromatic heterocycles. The van der Waals surface area contributed by atoms with Crippen LogP contribution < -0.4 is 4.90 Å². The number of nitrogens with zero attached hydrogens (tertiary/aromatic N) is 3. The fourth-order valence-corrected chi connectivity index (χ4v) is 4.42. The molecule has 1 saturated heterocycles. The van der Waals surface area contributed by atoms with E-state index < -0.39 is 0 Å². The normalized spacial score (nSPS) is 15.9. The molecule has 5 nitrogen and oxygen atoms in total. The van der Waals surface area contributed by atoms with Crippen LogP contribution in [0.3, 0.4) is 0 Å². The summed E-state index contributed by atoms with van der Waals surface area (Å²) in [6, 6.07) is 18.3. The van der Waals surface area contributed by atoms with Gasteiger partial charge in [0.1, 0.15) is 10.7 Å². The Labute approximate surface area is 181 Å². The van der Waals surface area contributed by atoms with E-state index in [2.05, 4.69) is 34.1 Å². The number of benzene rings is 2. The van der Waals surface area contributed by atoms with Crippen molar-refractivity contribution >= 4 is 22.9 Å². The van der Waals surface area contributed by atoms with Crippen LogP contribution in [-0.2, 0) is 11.3 Å². The molecule has 6 heteroatoms. The summed E-state index contributed by atoms with van der Waals surface area (Å²) in [4.78, 5) is 21.9. The van der Waals surface area contributed by atoms with Gasteiger partial charge >= 0.3 is 0 Å². The van der Waals surface area contributed by atoms with Crippen molar-refractivity contribution < 1.29 is 9.53 Å². The van der Waals surface area contributed by atoms with E-state index in [1.807, 2.05) is 54.7 Å². The molecule has 0 spiro atoms. The fourth-order valence-electron chi connectivity index (χ4n) is 3.62. The molecule has 1 unspecified atom stereocenters. The Bertz CT molecular complexity index is 964. The highest BCUT2D eigenvalue weighted by Crippen LogP contribution is 2.25. The van der Waals surface area contributed by atoms with E-state index >= 15 is 0 Å². The second kappa shape index (κ2) is 9.41. The molecule has 0 bridgehead atoms. The van der Waals surface area contributed by atoms with Crippen LogP contribution in [0.5, 0.6) is 0 Å². The third-order valence-corrected chi connectivity index (χ3v) is 6.20. The van der Waals surface area contributed by atoms with Crippen LogP contribution in [0.15, 0.2) is 60.0 Å². The van der Waals surface area contributed by atoms with Crippen LogP contribution in [0.25, 0.3) is 10.6 Å². The average molecular weight is 422 g/mol. The predicted molar refractivity (Wildman–Crippen MR) is 122 cm³/mol. The third kappa shape index (κ3) is 4.89. The van der Waals surface area contributed by atoms with Crippen molar-refractivity contribution in [2.24, 2.45) is 0 Å². The van der Waals surface area contributed by atoms with Crippen LogP contribution in [0.1, 0.15) is 28.9 Å². The highest BCUT2D eigenvalue weighted by molar-refractivity contribution is 7.13. The fraction of sp³-hybridized carbons (Fsp3) is 0.333. The Morgan fingerprint density at radius 2 is 1.90 bits per heavy atom. The van der Waals surface area contributed by atoms with Gasteiger partial charge in [0.25, 0.3) is 5.91 Å². The molecule has 0 N–H and O–H groups in total. The summed E-state index contributed by atoms with van der Waals surface area (Å²) in [5.41, 5.74) is 3.78. The maximum atomic E-state index is 13.4. The summed E-state index contributed by atoms with van der Waals surface area (Å²) >= 11 is 1.51. The molecule has 0 aliphatic carbocycles. The zero-order chi connectivity index (χ0) is 20.9. The zero-order valence-electron chi connectivity index (χ0n) is 17.5. The highest BCUT2D eigenvalue weighted by Gasteiger charge is 2.25. The quantitative estimate of drug-likeness (QED) is 0.555. The van der Waals surface area contributed by atoms with Crippen molar-refractivity contribution in [1.29, 1.82) is 0 Å². The SMILES string of the molecule is CN(C)c1ccc(CN(CC2CCCO2)C(=O)c2csc(-c3ccccc3)n2)cc1. The molecule has 3 aromatic rings. The van der Waals surface area contributed by atoms with Crippen molar-refractivity contribution in [1.82, 2.24) is 9.88 Å². The smallest absolute Gasteiger partial charge is 0.273 e. The number of thiazole rings is 1. The van der Waals surface area contributed by atoms with Gasteiger partial charge in [-0.25, -0.2) is 4.98 Å². The van der Waals surface area contributed by atoms with Crippen molar-refractivity contribution in [3.8, 4) is 10.6 Å². The van der Waals surface area contributed by atoms with Crippen molar-refractivity contribution in [2.45, 2.75) is 25.5 Å². The number of anilines is 1. The molecule has 1 fully saturated rings. The van der Waals surface area contributed by atoms with Crippen LogP contribution in [0.2, 0.25) is 0 Å². The van der Waals surface area contributed by atoms with Crippen LogP contribution in [-0.4, -0.2) is 49.1 Å². The minimum atomic E-state index is -0.0411. The highest BCUT2D eigenvalue weighted by atomic mass is 32.1. The first kappa shape index (κ1) is 20.6. The number of carbonyl (C=O) groups excluding carboxylic acids is 1. The lowest BCUT2D eigenvalue weighted by Gasteiger charge is -2.25. The number of hydrogen-bond acceptors (Lipinski definition) is 5. The third-order valence-electron chi connectivity index (χ3n) is 5.31. The van der Waals surface area contributed by atoms with E-state index in [0.29, 0.717) is 18.8 Å². The monoisotopic (exact) mass is 421 g/mol. The summed E-state index contributed by atoms with van der Waals surface area (Å²) in [5, 5.41) is 2.73. The maximum Gasteiger partial charge on any atom is 0.273 e. The van der Waals surface area contributed by atoms with Gasteiger partial charge in [-0.3, -0.25) is 4.79 Å². The molecule has 30 heavy (non-hydrogen) atoms. The first-order valence-corrected chi connectivity index (χ1v) is 11.2. The van der Waals surface area contributed by atoms with Gasteiger partial charge in [0.05, 0.1) is 6.10 Å². The molecular weight excluding hydrogens is 394 g/mol. The van der Waals surface area contributed by atoms with Gasteiger partial charge in [-0.1, -0.05) is 42.5 Å². The van der Waals surface area contributed by atoms with E-state index in [4.69, 9.17) is 4.74 Å². The zero-order valence-corrected chi connectivity index (χ0v) is 18.3. The van der Waals surface area contributed by atoms with Gasteiger partial charge in [-0.05, 0) is 30.5 Å². The Hall–Kier alpha value is -2.70. The number of carbonyl (C=O) groups is 1. The lowest BCUT2D eigenvalue weighted by Crippen LogP contribution is -2.37. The van der Waals surface area contributed by atoms with E-state index in [0.717, 1.165) is 41.3 Å². The summed E-state index contributed by atoms with van der Waals surface area (Å²) < 4.78 is 5.81. The molecule has 0 saturated carbocycles. The molecule has 2 aromatic carbocycles. The second-order valence-corrected chi connectivity index (χ2v) is 8.64. The van der Waals surface area contributed by atoms with Gasteiger partial charge in [-0.15, -0.1) is 11.3 Å². The van der Waals surface area contributed by atoms with Gasteiger partial charge in [0.2, 0.25) is 0 Å². The number of hydrogen-bond donors (Lipinski definition) is 0. The Morgan fingerprint density at radius 1 is 1.13 bits per heavy atom. The van der Waals surface area contributed by atoms with Gasteiger partial charge in [0, 0.05) is 50.4 Å². The van der Waals surface area contributed by atoms with Crippen molar-refractivity contribution in [3.05, 3.63) is 71.2 Å². The van der Waals surface area contributed by atoms with Crippen LogP contribution in [0, 0.1) is 0 Å². The molecule has 2 heterocycles. The number of amides is 1. The first-order chi connectivity index (χ1) is 14.6. The average Bonchev–Trinajstić information content (AvgIpc) is 3.46. The Balaban J connectivity index is 1.54. The number of rotatable bonds is 7. The van der Waals surface area contributed by atoms with Crippen molar-refractivity contribution in [2.75, 3.05) is 32.1 Å². The van der Waals surface area contributed by atoms with Gasteiger partial charge < -0.3 is 14.5 Å². The van der Waals surface area contributed by atoms with E-state index in [1.54, 1.807) is 0 Å². The minimum absolute atomic E-state index is 0.0411. The molecule has 0 radical (unpaired) electrons. The van der Waals surface area contributed by atoms with Crippen molar-refractivity contribution in [3.63, 3.8) is 0 Å². The summed E-state index contributed by atoms with van der Waals surface area (Å²) in [6.07, 6.45) is 2.15. The van der Waals surface area contributed by atoms with E-state index in [9.17, 15) is 4.79 Å².